The molecule has 0 aliphatic heterocycles. The first kappa shape index (κ1) is 18.0. The van der Waals surface area contributed by atoms with E-state index in [1.807, 2.05) is 0 Å². The smallest absolute Gasteiger partial charge is 0.271 e. The number of benzene rings is 1. The molecule has 1 amide bonds. The molecule has 0 fully saturated rings. The molecule has 3 aromatic rings. The van der Waals surface area contributed by atoms with Crippen molar-refractivity contribution in [1.82, 2.24) is 10.4 Å². The van der Waals surface area contributed by atoms with Crippen LogP contribution in [0, 0.1) is 0 Å². The zero-order chi connectivity index (χ0) is 18.4. The van der Waals surface area contributed by atoms with E-state index in [4.69, 9.17) is 32.4 Å². The van der Waals surface area contributed by atoms with Gasteiger partial charge in [-0.2, -0.15) is 5.10 Å². The maximum absolute atomic E-state index is 11.8. The number of furan rings is 1. The minimum atomic E-state index is -0.335. The average Bonchev–Trinajstić information content (AvgIpc) is 3.11. The van der Waals surface area contributed by atoms with Crippen LogP contribution in [0.5, 0.6) is 5.75 Å². The Hall–Kier alpha value is -2.83. The summed E-state index contributed by atoms with van der Waals surface area (Å²) in [4.78, 5) is 15.7. The van der Waals surface area contributed by atoms with Gasteiger partial charge >= 0.3 is 0 Å². The molecule has 8 heteroatoms. The van der Waals surface area contributed by atoms with Crippen LogP contribution in [0.3, 0.4) is 0 Å². The van der Waals surface area contributed by atoms with Crippen LogP contribution in [0.2, 0.25) is 10.0 Å². The summed E-state index contributed by atoms with van der Waals surface area (Å²) in [6.07, 6.45) is 4.47. The monoisotopic (exact) mass is 389 g/mol. The number of amides is 1. The molecular formula is C18H13Cl2N3O3. The van der Waals surface area contributed by atoms with Crippen LogP contribution >= 0.6 is 23.2 Å². The Kier molecular flexibility index (Phi) is 5.88. The first-order chi connectivity index (χ1) is 12.6. The van der Waals surface area contributed by atoms with Gasteiger partial charge in [-0.3, -0.25) is 9.78 Å². The maximum atomic E-state index is 11.8. The second kappa shape index (κ2) is 8.51. The summed E-state index contributed by atoms with van der Waals surface area (Å²) in [5, 5.41) is 4.74. The quantitative estimate of drug-likeness (QED) is 0.502. The summed E-state index contributed by atoms with van der Waals surface area (Å²) < 4.78 is 11.1. The largest absolute Gasteiger partial charge is 0.486 e. The number of nitrogens with one attached hydrogen (secondary N) is 1. The molecule has 0 bridgehead atoms. The number of carbonyl (C=O) groups is 1. The van der Waals surface area contributed by atoms with Crippen LogP contribution in [-0.4, -0.2) is 17.1 Å². The number of ether oxygens (including phenoxy) is 1. The topological polar surface area (TPSA) is 76.7 Å². The van der Waals surface area contributed by atoms with Crippen molar-refractivity contribution in [2.24, 2.45) is 5.10 Å². The summed E-state index contributed by atoms with van der Waals surface area (Å²) in [5.74, 6) is 1.32. The van der Waals surface area contributed by atoms with Gasteiger partial charge in [0.1, 0.15) is 23.9 Å². The summed E-state index contributed by atoms with van der Waals surface area (Å²) in [5.41, 5.74) is 2.88. The molecule has 1 N–H and O–H groups in total. The van der Waals surface area contributed by atoms with E-state index in [0.29, 0.717) is 32.9 Å². The third kappa shape index (κ3) is 4.84. The lowest BCUT2D eigenvalue weighted by Crippen LogP contribution is -2.17. The normalized spacial score (nSPS) is 10.8. The van der Waals surface area contributed by atoms with Gasteiger partial charge in [0.25, 0.3) is 5.91 Å². The standard InChI is InChI=1S/C18H13Cl2N3O3/c19-16-4-3-13(9-17(16)20)25-11-15-2-1-14(26-15)10-22-23-18(24)12-5-7-21-8-6-12/h1-10H,11H2,(H,23,24)/b22-10-. The Morgan fingerprint density at radius 1 is 1.15 bits per heavy atom. The molecule has 1 aromatic carbocycles. The summed E-state index contributed by atoms with van der Waals surface area (Å²) in [6, 6.07) is 11.7. The summed E-state index contributed by atoms with van der Waals surface area (Å²) in [7, 11) is 0. The molecule has 0 unspecified atom stereocenters. The molecule has 2 heterocycles. The van der Waals surface area contributed by atoms with E-state index in [-0.39, 0.29) is 12.5 Å². The van der Waals surface area contributed by atoms with Crippen LogP contribution in [0.4, 0.5) is 0 Å². The van der Waals surface area contributed by atoms with E-state index >= 15 is 0 Å². The van der Waals surface area contributed by atoms with Crippen molar-refractivity contribution < 1.29 is 13.9 Å². The number of aromatic nitrogens is 1. The van der Waals surface area contributed by atoms with E-state index in [0.717, 1.165) is 0 Å². The first-order valence-corrected chi connectivity index (χ1v) is 8.27. The summed E-state index contributed by atoms with van der Waals surface area (Å²) >= 11 is 11.8. The molecule has 0 saturated carbocycles. The number of nitrogens with zero attached hydrogens (tertiary/aromatic N) is 2. The Balaban J connectivity index is 1.52. The van der Waals surface area contributed by atoms with Crippen LogP contribution in [-0.2, 0) is 6.61 Å². The maximum Gasteiger partial charge on any atom is 0.271 e. The number of rotatable bonds is 6. The molecule has 0 saturated heterocycles. The molecule has 6 nitrogen and oxygen atoms in total. The van der Waals surface area contributed by atoms with E-state index < -0.39 is 0 Å². The SMILES string of the molecule is O=C(N/N=C\c1ccc(COc2ccc(Cl)c(Cl)c2)o1)c1ccncc1. The van der Waals surface area contributed by atoms with E-state index in [1.54, 1.807) is 42.5 Å². The molecule has 3 rings (SSSR count). The van der Waals surface area contributed by atoms with E-state index in [2.05, 4.69) is 15.5 Å². The number of hydrogen-bond acceptors (Lipinski definition) is 5. The minimum Gasteiger partial charge on any atom is -0.486 e. The third-order valence-corrected chi connectivity index (χ3v) is 3.99. The summed E-state index contributed by atoms with van der Waals surface area (Å²) in [6.45, 7) is 0.217. The number of hydrazone groups is 1. The zero-order valence-electron chi connectivity index (χ0n) is 13.4. The van der Waals surface area contributed by atoms with Crippen LogP contribution in [0.15, 0.2) is 64.4 Å². The fraction of sp³-hybridized carbons (Fsp3) is 0.0556. The van der Waals surface area contributed by atoms with Crippen molar-refractivity contribution in [1.29, 1.82) is 0 Å². The Morgan fingerprint density at radius 2 is 1.96 bits per heavy atom. The highest BCUT2D eigenvalue weighted by molar-refractivity contribution is 6.42. The number of hydrogen-bond donors (Lipinski definition) is 1. The minimum absolute atomic E-state index is 0.217. The molecule has 132 valence electrons. The number of carbonyl (C=O) groups excluding carboxylic acids is 1. The fourth-order valence-electron chi connectivity index (χ4n) is 1.98. The highest BCUT2D eigenvalue weighted by Crippen LogP contribution is 2.26. The van der Waals surface area contributed by atoms with E-state index in [1.165, 1.54) is 18.6 Å². The molecule has 26 heavy (non-hydrogen) atoms. The second-order valence-corrected chi connectivity index (χ2v) is 5.92. The van der Waals surface area contributed by atoms with Crippen LogP contribution in [0.1, 0.15) is 21.9 Å². The third-order valence-electron chi connectivity index (χ3n) is 3.25. The van der Waals surface area contributed by atoms with Gasteiger partial charge in [0.15, 0.2) is 0 Å². The van der Waals surface area contributed by atoms with Crippen molar-refractivity contribution in [3.05, 3.63) is 82.0 Å². The molecule has 0 atom stereocenters. The van der Waals surface area contributed by atoms with Crippen molar-refractivity contribution >= 4 is 35.3 Å². The molecule has 0 aliphatic carbocycles. The number of pyridine rings is 1. The molecule has 0 aliphatic rings. The highest BCUT2D eigenvalue weighted by atomic mass is 35.5. The lowest BCUT2D eigenvalue weighted by molar-refractivity contribution is 0.0955. The van der Waals surface area contributed by atoms with E-state index in [9.17, 15) is 4.79 Å². The van der Waals surface area contributed by atoms with Crippen molar-refractivity contribution in [3.63, 3.8) is 0 Å². The predicted molar refractivity (Wildman–Crippen MR) is 98.8 cm³/mol. The van der Waals surface area contributed by atoms with Gasteiger partial charge < -0.3 is 9.15 Å². The van der Waals surface area contributed by atoms with Gasteiger partial charge in [0.2, 0.25) is 0 Å². The Bertz CT molecular complexity index is 926. The van der Waals surface area contributed by atoms with Gasteiger partial charge in [-0.05, 0) is 36.4 Å². The first-order valence-electron chi connectivity index (χ1n) is 7.52. The molecule has 2 aromatic heterocycles. The van der Waals surface area contributed by atoms with Gasteiger partial charge in [0.05, 0.1) is 16.3 Å². The Labute approximate surface area is 159 Å². The average molecular weight is 390 g/mol. The molecule has 0 radical (unpaired) electrons. The second-order valence-electron chi connectivity index (χ2n) is 5.10. The highest BCUT2D eigenvalue weighted by Gasteiger charge is 2.05. The van der Waals surface area contributed by atoms with Gasteiger partial charge in [-0.15, -0.1) is 0 Å². The molecule has 0 spiro atoms. The Morgan fingerprint density at radius 3 is 2.73 bits per heavy atom. The van der Waals surface area contributed by atoms with Gasteiger partial charge in [0, 0.05) is 24.0 Å². The lowest BCUT2D eigenvalue weighted by Gasteiger charge is -2.05. The predicted octanol–water partition coefficient (Wildman–Crippen LogP) is 4.32. The van der Waals surface area contributed by atoms with Crippen molar-refractivity contribution in [2.45, 2.75) is 6.61 Å². The van der Waals surface area contributed by atoms with Crippen molar-refractivity contribution in [3.8, 4) is 5.75 Å². The fourth-order valence-corrected chi connectivity index (χ4v) is 2.27. The lowest BCUT2D eigenvalue weighted by atomic mass is 10.3. The molecular weight excluding hydrogens is 377 g/mol. The van der Waals surface area contributed by atoms with Crippen LogP contribution < -0.4 is 10.2 Å². The van der Waals surface area contributed by atoms with Gasteiger partial charge in [-0.25, -0.2) is 5.43 Å². The van der Waals surface area contributed by atoms with Crippen molar-refractivity contribution in [2.75, 3.05) is 0 Å². The van der Waals surface area contributed by atoms with Gasteiger partial charge in [-0.1, -0.05) is 23.2 Å². The zero-order valence-corrected chi connectivity index (χ0v) is 14.9. The van der Waals surface area contributed by atoms with Crippen LogP contribution in [0.25, 0.3) is 0 Å². The number of halogens is 2.